The molecule has 6 heteroatoms. The smallest absolute Gasteiger partial charge is 0.276 e. The fourth-order valence-electron chi connectivity index (χ4n) is 2.59. The Morgan fingerprint density at radius 1 is 1.25 bits per heavy atom. The second-order valence-corrected chi connectivity index (χ2v) is 4.91. The molecule has 1 heterocycles. The van der Waals surface area contributed by atoms with Gasteiger partial charge in [0.05, 0.1) is 17.1 Å². The molecule has 3 rings (SSSR count). The van der Waals surface area contributed by atoms with Crippen molar-refractivity contribution in [3.05, 3.63) is 57.6 Å². The van der Waals surface area contributed by atoms with Gasteiger partial charge in [-0.3, -0.25) is 10.1 Å². The standard InChI is InChI=1S/C14H14N4O2/c15-13-7-12(18(19)20)8-14(17-13)16-11-5-9-3-1-2-4-10(9)6-11/h1-4,7-8,11H,5-6H2,(H3,15,16,17). The highest BCUT2D eigenvalue weighted by Crippen LogP contribution is 2.25. The van der Waals surface area contributed by atoms with E-state index < -0.39 is 4.92 Å². The number of anilines is 2. The van der Waals surface area contributed by atoms with Gasteiger partial charge in [-0.2, -0.15) is 0 Å². The maximum atomic E-state index is 10.8. The van der Waals surface area contributed by atoms with E-state index in [1.54, 1.807) is 0 Å². The summed E-state index contributed by atoms with van der Waals surface area (Å²) in [4.78, 5) is 14.5. The number of hydrogen-bond acceptors (Lipinski definition) is 5. The highest BCUT2D eigenvalue weighted by molar-refractivity contribution is 5.53. The first-order valence-electron chi connectivity index (χ1n) is 6.37. The number of aromatic nitrogens is 1. The van der Waals surface area contributed by atoms with Crippen LogP contribution in [-0.4, -0.2) is 15.9 Å². The van der Waals surface area contributed by atoms with Gasteiger partial charge in [0.1, 0.15) is 11.6 Å². The van der Waals surface area contributed by atoms with Crippen molar-refractivity contribution in [2.75, 3.05) is 11.1 Å². The van der Waals surface area contributed by atoms with Crippen molar-refractivity contribution in [3.63, 3.8) is 0 Å². The summed E-state index contributed by atoms with van der Waals surface area (Å²) >= 11 is 0. The summed E-state index contributed by atoms with van der Waals surface area (Å²) in [5, 5.41) is 14.0. The van der Waals surface area contributed by atoms with E-state index >= 15 is 0 Å². The number of nitro groups is 1. The number of nitrogens with zero attached hydrogens (tertiary/aromatic N) is 2. The minimum atomic E-state index is -0.466. The first-order valence-corrected chi connectivity index (χ1v) is 6.37. The number of pyridine rings is 1. The Kier molecular flexibility index (Phi) is 2.98. The minimum Gasteiger partial charge on any atom is -0.383 e. The lowest BCUT2D eigenvalue weighted by molar-refractivity contribution is -0.384. The molecule has 20 heavy (non-hydrogen) atoms. The van der Waals surface area contributed by atoms with Crippen molar-refractivity contribution in [1.29, 1.82) is 0 Å². The molecule has 1 aromatic carbocycles. The van der Waals surface area contributed by atoms with Crippen LogP contribution in [0.5, 0.6) is 0 Å². The van der Waals surface area contributed by atoms with Crippen LogP contribution < -0.4 is 11.1 Å². The Labute approximate surface area is 115 Å². The number of fused-ring (bicyclic) bond motifs is 1. The summed E-state index contributed by atoms with van der Waals surface area (Å²) in [5.74, 6) is 0.603. The number of hydrogen-bond donors (Lipinski definition) is 2. The Bertz CT molecular complexity index is 647. The van der Waals surface area contributed by atoms with Crippen LogP contribution in [0.2, 0.25) is 0 Å². The first-order chi connectivity index (χ1) is 9.61. The second-order valence-electron chi connectivity index (χ2n) is 4.91. The Balaban J connectivity index is 1.78. The average Bonchev–Trinajstić information content (AvgIpc) is 2.79. The molecule has 0 radical (unpaired) electrons. The van der Waals surface area contributed by atoms with Gasteiger partial charge in [-0.15, -0.1) is 0 Å². The normalized spacial score (nSPS) is 14.0. The van der Waals surface area contributed by atoms with Crippen molar-refractivity contribution in [3.8, 4) is 0 Å². The molecule has 1 aliphatic rings. The summed E-state index contributed by atoms with van der Waals surface area (Å²) in [5.41, 5.74) is 8.17. The Hall–Kier alpha value is -2.63. The quantitative estimate of drug-likeness (QED) is 0.658. The molecular formula is C14H14N4O2. The summed E-state index contributed by atoms with van der Waals surface area (Å²) in [6.07, 6.45) is 1.78. The summed E-state index contributed by atoms with van der Waals surface area (Å²) < 4.78 is 0. The van der Waals surface area contributed by atoms with Crippen molar-refractivity contribution >= 4 is 17.3 Å². The van der Waals surface area contributed by atoms with Gasteiger partial charge in [-0.1, -0.05) is 24.3 Å². The topological polar surface area (TPSA) is 94.1 Å². The van der Waals surface area contributed by atoms with Crippen LogP contribution in [0, 0.1) is 10.1 Å². The third-order valence-electron chi connectivity index (χ3n) is 3.44. The average molecular weight is 270 g/mol. The highest BCUT2D eigenvalue weighted by Gasteiger charge is 2.21. The van der Waals surface area contributed by atoms with Crippen LogP contribution in [-0.2, 0) is 12.8 Å². The van der Waals surface area contributed by atoms with Crippen molar-refractivity contribution in [2.45, 2.75) is 18.9 Å². The van der Waals surface area contributed by atoms with Gasteiger partial charge in [0.2, 0.25) is 0 Å². The Morgan fingerprint density at radius 3 is 2.50 bits per heavy atom. The van der Waals surface area contributed by atoms with Crippen LogP contribution in [0.25, 0.3) is 0 Å². The molecule has 102 valence electrons. The molecule has 0 unspecified atom stereocenters. The molecule has 0 saturated heterocycles. The minimum absolute atomic E-state index is 0.0458. The molecule has 0 atom stereocenters. The highest BCUT2D eigenvalue weighted by atomic mass is 16.6. The summed E-state index contributed by atoms with van der Waals surface area (Å²) in [7, 11) is 0. The van der Waals surface area contributed by atoms with E-state index in [4.69, 9.17) is 5.73 Å². The largest absolute Gasteiger partial charge is 0.383 e. The number of rotatable bonds is 3. The predicted molar refractivity (Wildman–Crippen MR) is 76.6 cm³/mol. The van der Waals surface area contributed by atoms with Crippen LogP contribution >= 0.6 is 0 Å². The van der Waals surface area contributed by atoms with E-state index in [1.807, 2.05) is 12.1 Å². The molecule has 1 aliphatic carbocycles. The maximum Gasteiger partial charge on any atom is 0.276 e. The van der Waals surface area contributed by atoms with Crippen LogP contribution in [0.3, 0.4) is 0 Å². The van der Waals surface area contributed by atoms with E-state index in [-0.39, 0.29) is 17.5 Å². The fraction of sp³-hybridized carbons (Fsp3) is 0.214. The summed E-state index contributed by atoms with van der Waals surface area (Å²) in [6, 6.07) is 11.1. The molecule has 0 spiro atoms. The molecule has 0 saturated carbocycles. The van der Waals surface area contributed by atoms with Gasteiger partial charge >= 0.3 is 0 Å². The summed E-state index contributed by atoms with van der Waals surface area (Å²) in [6.45, 7) is 0. The SMILES string of the molecule is Nc1cc([N+](=O)[O-])cc(NC2Cc3ccccc3C2)n1. The lowest BCUT2D eigenvalue weighted by Gasteiger charge is -2.12. The van der Waals surface area contributed by atoms with Gasteiger partial charge in [0, 0.05) is 6.04 Å². The molecular weight excluding hydrogens is 256 g/mol. The number of nitrogens with one attached hydrogen (secondary N) is 1. The molecule has 1 aromatic heterocycles. The van der Waals surface area contributed by atoms with Gasteiger partial charge in [0.15, 0.2) is 0 Å². The zero-order valence-corrected chi connectivity index (χ0v) is 10.7. The van der Waals surface area contributed by atoms with Crippen molar-refractivity contribution in [2.24, 2.45) is 0 Å². The second kappa shape index (κ2) is 4.80. The zero-order valence-electron chi connectivity index (χ0n) is 10.7. The van der Waals surface area contributed by atoms with Crippen LogP contribution in [0.4, 0.5) is 17.3 Å². The fourth-order valence-corrected chi connectivity index (χ4v) is 2.59. The van der Waals surface area contributed by atoms with Crippen LogP contribution in [0.1, 0.15) is 11.1 Å². The molecule has 0 bridgehead atoms. The lowest BCUT2D eigenvalue weighted by Crippen LogP contribution is -2.20. The molecule has 6 nitrogen and oxygen atoms in total. The predicted octanol–water partition coefficient (Wildman–Crippen LogP) is 2.15. The monoisotopic (exact) mass is 270 g/mol. The van der Waals surface area contributed by atoms with E-state index in [0.717, 1.165) is 12.8 Å². The van der Waals surface area contributed by atoms with E-state index in [2.05, 4.69) is 22.4 Å². The molecule has 2 aromatic rings. The van der Waals surface area contributed by atoms with Crippen molar-refractivity contribution < 1.29 is 4.92 Å². The molecule has 0 amide bonds. The third kappa shape index (κ3) is 2.40. The molecule has 3 N–H and O–H groups in total. The van der Waals surface area contributed by atoms with Gasteiger partial charge in [-0.25, -0.2) is 4.98 Å². The Morgan fingerprint density at radius 2 is 1.90 bits per heavy atom. The molecule has 0 fully saturated rings. The van der Waals surface area contributed by atoms with Gasteiger partial charge in [-0.05, 0) is 24.0 Å². The van der Waals surface area contributed by atoms with E-state index in [0.29, 0.717) is 5.82 Å². The van der Waals surface area contributed by atoms with Gasteiger partial charge < -0.3 is 11.1 Å². The number of nitrogen functional groups attached to an aromatic ring is 1. The van der Waals surface area contributed by atoms with Gasteiger partial charge in [0.25, 0.3) is 5.69 Å². The van der Waals surface area contributed by atoms with E-state index in [9.17, 15) is 10.1 Å². The number of benzene rings is 1. The maximum absolute atomic E-state index is 10.8. The van der Waals surface area contributed by atoms with Crippen LogP contribution in [0.15, 0.2) is 36.4 Å². The van der Waals surface area contributed by atoms with Crippen molar-refractivity contribution in [1.82, 2.24) is 4.98 Å². The first kappa shape index (κ1) is 12.4. The molecule has 0 aliphatic heterocycles. The zero-order chi connectivity index (χ0) is 14.1. The number of nitrogens with two attached hydrogens (primary N) is 1. The van der Waals surface area contributed by atoms with E-state index in [1.165, 1.54) is 23.3 Å². The third-order valence-corrected chi connectivity index (χ3v) is 3.44. The lowest BCUT2D eigenvalue weighted by atomic mass is 10.1.